The van der Waals surface area contributed by atoms with Crippen LogP contribution in [0, 0.1) is 11.7 Å². The van der Waals surface area contributed by atoms with Crippen LogP contribution in [0.5, 0.6) is 0 Å². The molecule has 1 unspecified atom stereocenters. The van der Waals surface area contributed by atoms with Crippen molar-refractivity contribution < 1.29 is 4.39 Å². The Labute approximate surface area is 124 Å². The minimum atomic E-state index is -0.0792. The van der Waals surface area contributed by atoms with Crippen LogP contribution in [0.4, 0.5) is 4.39 Å². The molecule has 1 saturated carbocycles. The van der Waals surface area contributed by atoms with E-state index in [1.54, 1.807) is 12.1 Å². The van der Waals surface area contributed by atoms with Crippen molar-refractivity contribution in [3.05, 3.63) is 34.1 Å². The zero-order valence-corrected chi connectivity index (χ0v) is 13.2. The predicted octanol–water partition coefficient (Wildman–Crippen LogP) is 4.69. The zero-order chi connectivity index (χ0) is 13.7. The van der Waals surface area contributed by atoms with Crippen LogP contribution in [0.1, 0.15) is 44.6 Å². The molecule has 19 heavy (non-hydrogen) atoms. The second kappa shape index (κ2) is 7.39. The first-order valence-corrected chi connectivity index (χ1v) is 8.17. The van der Waals surface area contributed by atoms with Crippen LogP contribution >= 0.6 is 15.9 Å². The maximum atomic E-state index is 13.9. The number of rotatable bonds is 6. The summed E-state index contributed by atoms with van der Waals surface area (Å²) in [6, 6.07) is 5.67. The number of hydrogen-bond donors (Lipinski definition) is 1. The highest BCUT2D eigenvalue weighted by atomic mass is 79.9. The van der Waals surface area contributed by atoms with E-state index in [4.69, 9.17) is 0 Å². The van der Waals surface area contributed by atoms with Gasteiger partial charge in [0, 0.05) is 10.5 Å². The SMILES string of the molecule is CCCNC(Cc1cc(Br)ccc1F)C1CCCC1. The van der Waals surface area contributed by atoms with Crippen LogP contribution in [0.25, 0.3) is 0 Å². The summed E-state index contributed by atoms with van der Waals surface area (Å²) < 4.78 is 14.9. The molecule has 1 N–H and O–H groups in total. The lowest BCUT2D eigenvalue weighted by atomic mass is 9.92. The number of benzene rings is 1. The molecule has 3 heteroatoms. The van der Waals surface area contributed by atoms with Crippen LogP contribution in [-0.2, 0) is 6.42 Å². The van der Waals surface area contributed by atoms with E-state index in [-0.39, 0.29) is 5.82 Å². The average molecular weight is 328 g/mol. The molecule has 0 aromatic heterocycles. The van der Waals surface area contributed by atoms with E-state index >= 15 is 0 Å². The third kappa shape index (κ3) is 4.28. The van der Waals surface area contributed by atoms with E-state index in [0.29, 0.717) is 12.0 Å². The monoisotopic (exact) mass is 327 g/mol. The summed E-state index contributed by atoms with van der Waals surface area (Å²) in [5.41, 5.74) is 0.829. The molecule has 1 aliphatic rings. The van der Waals surface area contributed by atoms with Gasteiger partial charge in [-0.05, 0) is 61.9 Å². The van der Waals surface area contributed by atoms with Crippen molar-refractivity contribution in [2.24, 2.45) is 5.92 Å². The van der Waals surface area contributed by atoms with Gasteiger partial charge in [-0.25, -0.2) is 4.39 Å². The van der Waals surface area contributed by atoms with Crippen LogP contribution in [0.2, 0.25) is 0 Å². The van der Waals surface area contributed by atoms with Crippen molar-refractivity contribution >= 4 is 15.9 Å². The van der Waals surface area contributed by atoms with Gasteiger partial charge in [-0.15, -0.1) is 0 Å². The standard InChI is InChI=1S/C16H23BrFN/c1-2-9-19-16(12-5-3-4-6-12)11-13-10-14(17)7-8-15(13)18/h7-8,10,12,16,19H,2-6,9,11H2,1H3. The Morgan fingerprint density at radius 2 is 2.11 bits per heavy atom. The Kier molecular flexibility index (Phi) is 5.83. The van der Waals surface area contributed by atoms with Crippen molar-refractivity contribution in [3.8, 4) is 0 Å². The van der Waals surface area contributed by atoms with Gasteiger partial charge in [0.05, 0.1) is 0 Å². The average Bonchev–Trinajstić information content (AvgIpc) is 2.92. The number of hydrogen-bond acceptors (Lipinski definition) is 1. The minimum absolute atomic E-state index is 0.0792. The van der Waals surface area contributed by atoms with E-state index in [1.807, 2.05) is 6.07 Å². The highest BCUT2D eigenvalue weighted by Crippen LogP contribution is 2.30. The molecule has 1 aliphatic carbocycles. The Morgan fingerprint density at radius 3 is 2.79 bits per heavy atom. The normalized spacial score (nSPS) is 17.8. The largest absolute Gasteiger partial charge is 0.313 e. The summed E-state index contributed by atoms with van der Waals surface area (Å²) in [5, 5.41) is 3.62. The maximum Gasteiger partial charge on any atom is 0.126 e. The molecule has 1 fully saturated rings. The van der Waals surface area contributed by atoms with Crippen LogP contribution in [-0.4, -0.2) is 12.6 Å². The van der Waals surface area contributed by atoms with Crippen molar-refractivity contribution in [3.63, 3.8) is 0 Å². The van der Waals surface area contributed by atoms with Gasteiger partial charge in [0.15, 0.2) is 0 Å². The van der Waals surface area contributed by atoms with Crippen LogP contribution in [0.15, 0.2) is 22.7 Å². The first kappa shape index (κ1) is 15.0. The van der Waals surface area contributed by atoms with Crippen LogP contribution < -0.4 is 5.32 Å². The molecule has 1 atom stereocenters. The maximum absolute atomic E-state index is 13.9. The third-order valence-corrected chi connectivity index (χ3v) is 4.57. The molecule has 1 nitrogen and oxygen atoms in total. The molecule has 2 rings (SSSR count). The lowest BCUT2D eigenvalue weighted by molar-refractivity contribution is 0.353. The molecule has 1 aromatic rings. The van der Waals surface area contributed by atoms with Gasteiger partial charge in [0.1, 0.15) is 5.82 Å². The topological polar surface area (TPSA) is 12.0 Å². The summed E-state index contributed by atoms with van der Waals surface area (Å²) in [4.78, 5) is 0. The number of nitrogens with one attached hydrogen (secondary N) is 1. The molecule has 0 saturated heterocycles. The Hall–Kier alpha value is -0.410. The lowest BCUT2D eigenvalue weighted by Gasteiger charge is -2.25. The second-order valence-electron chi connectivity index (χ2n) is 5.55. The summed E-state index contributed by atoms with van der Waals surface area (Å²) in [5.74, 6) is 0.634. The zero-order valence-electron chi connectivity index (χ0n) is 11.6. The quantitative estimate of drug-likeness (QED) is 0.799. The highest BCUT2D eigenvalue weighted by Gasteiger charge is 2.25. The predicted molar refractivity (Wildman–Crippen MR) is 81.8 cm³/mol. The van der Waals surface area contributed by atoms with E-state index in [0.717, 1.165) is 29.4 Å². The molecular formula is C16H23BrFN. The van der Waals surface area contributed by atoms with E-state index < -0.39 is 0 Å². The van der Waals surface area contributed by atoms with Crippen molar-refractivity contribution in [1.29, 1.82) is 0 Å². The molecular weight excluding hydrogens is 305 g/mol. The second-order valence-corrected chi connectivity index (χ2v) is 6.46. The smallest absolute Gasteiger partial charge is 0.126 e. The molecule has 0 bridgehead atoms. The summed E-state index contributed by atoms with van der Waals surface area (Å²) >= 11 is 3.44. The molecule has 1 aromatic carbocycles. The summed E-state index contributed by atoms with van der Waals surface area (Å²) in [6.07, 6.45) is 7.17. The lowest BCUT2D eigenvalue weighted by Crippen LogP contribution is -2.37. The Bertz CT molecular complexity index is 402. The summed E-state index contributed by atoms with van der Waals surface area (Å²) in [6.45, 7) is 3.20. The van der Waals surface area contributed by atoms with E-state index in [1.165, 1.54) is 25.7 Å². The van der Waals surface area contributed by atoms with Gasteiger partial charge in [0.25, 0.3) is 0 Å². The summed E-state index contributed by atoms with van der Waals surface area (Å²) in [7, 11) is 0. The van der Waals surface area contributed by atoms with Crippen LogP contribution in [0.3, 0.4) is 0 Å². The Morgan fingerprint density at radius 1 is 1.37 bits per heavy atom. The molecule has 0 radical (unpaired) electrons. The third-order valence-electron chi connectivity index (χ3n) is 4.07. The van der Waals surface area contributed by atoms with Gasteiger partial charge in [0.2, 0.25) is 0 Å². The Balaban J connectivity index is 2.07. The fourth-order valence-electron chi connectivity index (χ4n) is 3.03. The van der Waals surface area contributed by atoms with Crippen molar-refractivity contribution in [2.75, 3.05) is 6.54 Å². The van der Waals surface area contributed by atoms with Gasteiger partial charge >= 0.3 is 0 Å². The van der Waals surface area contributed by atoms with E-state index in [2.05, 4.69) is 28.2 Å². The van der Waals surface area contributed by atoms with Gasteiger partial charge in [-0.2, -0.15) is 0 Å². The van der Waals surface area contributed by atoms with E-state index in [9.17, 15) is 4.39 Å². The van der Waals surface area contributed by atoms with Gasteiger partial charge in [-0.3, -0.25) is 0 Å². The van der Waals surface area contributed by atoms with Crippen molar-refractivity contribution in [2.45, 2.75) is 51.5 Å². The number of halogens is 2. The fraction of sp³-hybridized carbons (Fsp3) is 0.625. The first-order valence-electron chi connectivity index (χ1n) is 7.38. The molecule has 0 heterocycles. The first-order chi connectivity index (χ1) is 9.20. The highest BCUT2D eigenvalue weighted by molar-refractivity contribution is 9.10. The fourth-order valence-corrected chi connectivity index (χ4v) is 3.44. The molecule has 0 amide bonds. The van der Waals surface area contributed by atoms with Crippen molar-refractivity contribution in [1.82, 2.24) is 5.32 Å². The minimum Gasteiger partial charge on any atom is -0.313 e. The molecule has 0 aliphatic heterocycles. The molecule has 0 spiro atoms. The van der Waals surface area contributed by atoms with Gasteiger partial charge < -0.3 is 5.32 Å². The molecule has 106 valence electrons. The van der Waals surface area contributed by atoms with Gasteiger partial charge in [-0.1, -0.05) is 35.7 Å².